The van der Waals surface area contributed by atoms with Crippen molar-refractivity contribution in [1.82, 2.24) is 10.6 Å². The number of benzene rings is 2. The number of hydrogen-bond acceptors (Lipinski definition) is 5. The molecule has 2 aliphatic rings. The standard InChI is InChI=1S/C25H28N2O6/c28-22(24(30)31)13-26-23(29)15-6-5-7-16(12-15)27-25(32)33-14-21-19-10-3-1-8-17(19)18-9-2-4-11-20(18)21/h1-4,8-11,15-16,21-22,28H,5-7,12-14H2,(H,26,29)(H,27,32)(H,30,31)/t15?,16?,22-/m0/s1. The highest BCUT2D eigenvalue weighted by atomic mass is 16.5. The molecule has 2 aliphatic carbocycles. The van der Waals surface area contributed by atoms with E-state index < -0.39 is 18.2 Å². The van der Waals surface area contributed by atoms with Crippen molar-refractivity contribution in [2.45, 2.75) is 43.7 Å². The molecule has 8 nitrogen and oxygen atoms in total. The number of aliphatic hydroxyl groups is 1. The molecule has 3 atom stereocenters. The summed E-state index contributed by atoms with van der Waals surface area (Å²) in [5.41, 5.74) is 4.61. The fourth-order valence-electron chi connectivity index (χ4n) is 4.79. The maximum atomic E-state index is 12.5. The second-order valence-electron chi connectivity index (χ2n) is 8.63. The van der Waals surface area contributed by atoms with E-state index in [-0.39, 0.29) is 36.9 Å². The Morgan fingerprint density at radius 1 is 1.00 bits per heavy atom. The summed E-state index contributed by atoms with van der Waals surface area (Å²) in [7, 11) is 0. The first kappa shape index (κ1) is 22.8. The molecule has 1 fully saturated rings. The fourth-order valence-corrected chi connectivity index (χ4v) is 4.79. The third kappa shape index (κ3) is 5.17. The molecule has 0 spiro atoms. The van der Waals surface area contributed by atoms with Crippen molar-refractivity contribution < 1.29 is 29.3 Å². The highest BCUT2D eigenvalue weighted by Gasteiger charge is 2.31. The zero-order chi connectivity index (χ0) is 23.4. The van der Waals surface area contributed by atoms with E-state index in [9.17, 15) is 19.5 Å². The lowest BCUT2D eigenvalue weighted by Gasteiger charge is -2.29. The quantitative estimate of drug-likeness (QED) is 0.512. The van der Waals surface area contributed by atoms with Crippen LogP contribution in [0.5, 0.6) is 0 Å². The zero-order valence-electron chi connectivity index (χ0n) is 18.2. The van der Waals surface area contributed by atoms with Crippen molar-refractivity contribution in [3.8, 4) is 11.1 Å². The second-order valence-corrected chi connectivity index (χ2v) is 8.63. The number of alkyl carbamates (subject to hydrolysis) is 1. The smallest absolute Gasteiger partial charge is 0.407 e. The van der Waals surface area contributed by atoms with Gasteiger partial charge in [-0.2, -0.15) is 0 Å². The normalized spacial score (nSPS) is 20.3. The van der Waals surface area contributed by atoms with Gasteiger partial charge in [-0.15, -0.1) is 0 Å². The maximum Gasteiger partial charge on any atom is 0.407 e. The number of carbonyl (C=O) groups excluding carboxylic acids is 2. The van der Waals surface area contributed by atoms with Crippen LogP contribution in [0.15, 0.2) is 48.5 Å². The number of ether oxygens (including phenoxy) is 1. The highest BCUT2D eigenvalue weighted by molar-refractivity contribution is 5.81. The van der Waals surface area contributed by atoms with Crippen LogP contribution in [0, 0.1) is 5.92 Å². The van der Waals surface area contributed by atoms with E-state index in [1.165, 1.54) is 0 Å². The van der Waals surface area contributed by atoms with Crippen LogP contribution in [0.25, 0.3) is 11.1 Å². The Hall–Kier alpha value is -3.39. The largest absolute Gasteiger partial charge is 0.479 e. The van der Waals surface area contributed by atoms with Gasteiger partial charge in [0.15, 0.2) is 6.10 Å². The van der Waals surface area contributed by atoms with Gasteiger partial charge >= 0.3 is 12.1 Å². The van der Waals surface area contributed by atoms with E-state index in [1.807, 2.05) is 24.3 Å². The number of rotatable bonds is 7. The van der Waals surface area contributed by atoms with Crippen LogP contribution in [0.2, 0.25) is 0 Å². The lowest BCUT2D eigenvalue weighted by molar-refractivity contribution is -0.146. The molecule has 2 aromatic carbocycles. The van der Waals surface area contributed by atoms with Crippen LogP contribution in [0.1, 0.15) is 42.7 Å². The van der Waals surface area contributed by atoms with Gasteiger partial charge in [-0.1, -0.05) is 55.0 Å². The molecule has 2 aromatic rings. The number of carboxylic acids is 1. The number of aliphatic hydroxyl groups excluding tert-OH is 1. The summed E-state index contributed by atoms with van der Waals surface area (Å²) in [5, 5.41) is 23.4. The molecule has 33 heavy (non-hydrogen) atoms. The molecular weight excluding hydrogens is 424 g/mol. The first-order valence-corrected chi connectivity index (χ1v) is 11.2. The SMILES string of the molecule is O=C(NC1CCCC(C(=O)NC[C@H](O)C(=O)O)C1)OCC1c2ccccc2-c2ccccc21. The second kappa shape index (κ2) is 10.0. The van der Waals surface area contributed by atoms with Crippen molar-refractivity contribution >= 4 is 18.0 Å². The number of hydrogen-bond donors (Lipinski definition) is 4. The van der Waals surface area contributed by atoms with Crippen molar-refractivity contribution in [3.05, 3.63) is 59.7 Å². The van der Waals surface area contributed by atoms with E-state index in [0.29, 0.717) is 12.8 Å². The average molecular weight is 453 g/mol. The van der Waals surface area contributed by atoms with Crippen LogP contribution in [-0.2, 0) is 14.3 Å². The molecule has 2 unspecified atom stereocenters. The predicted molar refractivity (Wildman–Crippen MR) is 121 cm³/mol. The molecule has 174 valence electrons. The van der Waals surface area contributed by atoms with Gasteiger partial charge in [0.1, 0.15) is 6.61 Å². The van der Waals surface area contributed by atoms with Gasteiger partial charge in [0, 0.05) is 17.9 Å². The van der Waals surface area contributed by atoms with Gasteiger partial charge in [-0.3, -0.25) is 4.79 Å². The summed E-state index contributed by atoms with van der Waals surface area (Å²) in [6.07, 6.45) is 0.452. The first-order chi connectivity index (χ1) is 15.9. The molecule has 0 aliphatic heterocycles. The number of carboxylic acid groups (broad SMARTS) is 1. The van der Waals surface area contributed by atoms with E-state index in [1.54, 1.807) is 0 Å². The Kier molecular flexibility index (Phi) is 6.93. The fraction of sp³-hybridized carbons (Fsp3) is 0.400. The minimum absolute atomic E-state index is 0.0197. The topological polar surface area (TPSA) is 125 Å². The van der Waals surface area contributed by atoms with Crippen molar-refractivity contribution in [2.24, 2.45) is 5.92 Å². The molecule has 0 heterocycles. The number of aliphatic carboxylic acids is 1. The van der Waals surface area contributed by atoms with Crippen LogP contribution >= 0.6 is 0 Å². The number of carbonyl (C=O) groups is 3. The average Bonchev–Trinajstić information content (AvgIpc) is 3.15. The highest BCUT2D eigenvalue weighted by Crippen LogP contribution is 2.44. The third-order valence-corrected chi connectivity index (χ3v) is 6.47. The summed E-state index contributed by atoms with van der Waals surface area (Å²) in [4.78, 5) is 35.5. The van der Waals surface area contributed by atoms with Gasteiger partial charge in [-0.05, 0) is 41.5 Å². The number of amides is 2. The zero-order valence-corrected chi connectivity index (χ0v) is 18.2. The Labute approximate surface area is 192 Å². The Balaban J connectivity index is 1.30. The Morgan fingerprint density at radius 3 is 2.27 bits per heavy atom. The summed E-state index contributed by atoms with van der Waals surface area (Å²) >= 11 is 0. The Bertz CT molecular complexity index is 994. The predicted octanol–water partition coefficient (Wildman–Crippen LogP) is 2.65. The lowest BCUT2D eigenvalue weighted by atomic mass is 9.85. The third-order valence-electron chi connectivity index (χ3n) is 6.47. The molecule has 1 saturated carbocycles. The summed E-state index contributed by atoms with van der Waals surface area (Å²) < 4.78 is 5.59. The summed E-state index contributed by atoms with van der Waals surface area (Å²) in [6, 6.07) is 16.1. The van der Waals surface area contributed by atoms with E-state index >= 15 is 0 Å². The minimum atomic E-state index is -1.63. The van der Waals surface area contributed by atoms with Crippen LogP contribution < -0.4 is 10.6 Å². The first-order valence-electron chi connectivity index (χ1n) is 11.2. The molecular formula is C25H28N2O6. The molecule has 0 aromatic heterocycles. The molecule has 2 amide bonds. The minimum Gasteiger partial charge on any atom is -0.479 e. The van der Waals surface area contributed by atoms with Crippen LogP contribution in [-0.4, -0.2) is 53.5 Å². The maximum absolute atomic E-state index is 12.5. The molecule has 0 bridgehead atoms. The monoisotopic (exact) mass is 452 g/mol. The van der Waals surface area contributed by atoms with Crippen LogP contribution in [0.4, 0.5) is 4.79 Å². The summed E-state index contributed by atoms with van der Waals surface area (Å²) in [6.45, 7) is -0.112. The van der Waals surface area contributed by atoms with Gasteiger partial charge in [-0.25, -0.2) is 9.59 Å². The summed E-state index contributed by atoms with van der Waals surface area (Å²) in [5.74, 6) is -2.06. The Morgan fingerprint density at radius 2 is 1.64 bits per heavy atom. The number of fused-ring (bicyclic) bond motifs is 3. The van der Waals surface area contributed by atoms with Crippen molar-refractivity contribution in [2.75, 3.05) is 13.2 Å². The van der Waals surface area contributed by atoms with E-state index in [2.05, 4.69) is 34.9 Å². The van der Waals surface area contributed by atoms with E-state index in [4.69, 9.17) is 9.84 Å². The number of nitrogens with one attached hydrogen (secondary N) is 2. The molecule has 0 radical (unpaired) electrons. The molecule has 8 heteroatoms. The lowest BCUT2D eigenvalue weighted by Crippen LogP contribution is -2.44. The van der Waals surface area contributed by atoms with Crippen molar-refractivity contribution in [3.63, 3.8) is 0 Å². The van der Waals surface area contributed by atoms with Crippen LogP contribution in [0.3, 0.4) is 0 Å². The van der Waals surface area contributed by atoms with Gasteiger partial charge in [0.25, 0.3) is 0 Å². The van der Waals surface area contributed by atoms with Gasteiger partial charge < -0.3 is 25.6 Å². The van der Waals surface area contributed by atoms with Gasteiger partial charge in [0.05, 0.1) is 6.54 Å². The van der Waals surface area contributed by atoms with Gasteiger partial charge in [0.2, 0.25) is 5.91 Å². The van der Waals surface area contributed by atoms with E-state index in [0.717, 1.165) is 35.1 Å². The molecule has 4 rings (SSSR count). The molecule has 4 N–H and O–H groups in total. The molecule has 0 saturated heterocycles. The van der Waals surface area contributed by atoms with Crippen molar-refractivity contribution in [1.29, 1.82) is 0 Å².